The van der Waals surface area contributed by atoms with Crippen molar-refractivity contribution >= 4 is 25.8 Å². The van der Waals surface area contributed by atoms with Gasteiger partial charge in [0.05, 0.1) is 11.0 Å². The van der Waals surface area contributed by atoms with Gasteiger partial charge in [-0.3, -0.25) is 0 Å². The molecule has 1 unspecified atom stereocenters. The third-order valence-corrected chi connectivity index (χ3v) is 5.13. The largest absolute Gasteiger partial charge is 0.222 e. The minimum Gasteiger partial charge on any atom is -0.222 e. The topological polar surface area (TPSA) is 57.9 Å². The summed E-state index contributed by atoms with van der Waals surface area (Å²) in [5.41, 5.74) is 0.480. The van der Waals surface area contributed by atoms with Gasteiger partial charge in [-0.05, 0) is 29.8 Å². The van der Waals surface area contributed by atoms with E-state index >= 15 is 0 Å². The van der Waals surface area contributed by atoms with Gasteiger partial charge in [-0.25, -0.2) is 8.42 Å². The van der Waals surface area contributed by atoms with Crippen molar-refractivity contribution in [2.24, 2.45) is 0 Å². The number of benzene rings is 2. The Balaban J connectivity index is 2.49. The molecule has 0 N–H and O–H groups in total. The molecule has 0 aliphatic heterocycles. The summed E-state index contributed by atoms with van der Waals surface area (Å²) in [4.78, 5) is 0.145. The minimum absolute atomic E-state index is 0.145. The first-order valence-corrected chi connectivity index (χ1v) is 7.83. The fraction of sp³-hybridized carbons (Fsp3) is 0.0714. The molecule has 96 valence electrons. The van der Waals surface area contributed by atoms with E-state index in [4.69, 9.17) is 0 Å². The van der Waals surface area contributed by atoms with Crippen molar-refractivity contribution in [2.45, 2.75) is 10.1 Å². The van der Waals surface area contributed by atoms with Gasteiger partial charge in [0, 0.05) is 4.47 Å². The zero-order valence-electron chi connectivity index (χ0n) is 9.82. The van der Waals surface area contributed by atoms with Crippen molar-refractivity contribution in [3.05, 3.63) is 64.6 Å². The molecule has 0 aliphatic carbocycles. The van der Waals surface area contributed by atoms with Gasteiger partial charge in [-0.15, -0.1) is 0 Å². The number of rotatable bonds is 3. The van der Waals surface area contributed by atoms with Gasteiger partial charge >= 0.3 is 0 Å². The van der Waals surface area contributed by atoms with Crippen molar-refractivity contribution in [1.82, 2.24) is 0 Å². The smallest absolute Gasteiger partial charge is 0.198 e. The first-order chi connectivity index (χ1) is 9.05. The third-order valence-electron chi connectivity index (χ3n) is 2.67. The molecule has 0 radical (unpaired) electrons. The van der Waals surface area contributed by atoms with Gasteiger partial charge in [-0.1, -0.05) is 46.3 Å². The van der Waals surface area contributed by atoms with Gasteiger partial charge in [-0.2, -0.15) is 5.26 Å². The highest BCUT2D eigenvalue weighted by atomic mass is 79.9. The standard InChI is InChI=1S/C14H10BrNO2S/c15-12-6-8-13(9-7-12)19(17,18)14(10-16)11-4-2-1-3-5-11/h1-9,14H. The Bertz CT molecular complexity index is 703. The second-order valence-corrected chi connectivity index (χ2v) is 6.87. The van der Waals surface area contributed by atoms with Crippen molar-refractivity contribution < 1.29 is 8.42 Å². The number of nitriles is 1. The molecule has 3 nitrogen and oxygen atoms in total. The van der Waals surface area contributed by atoms with E-state index < -0.39 is 15.1 Å². The Labute approximate surface area is 120 Å². The van der Waals surface area contributed by atoms with Crippen LogP contribution >= 0.6 is 15.9 Å². The van der Waals surface area contributed by atoms with Crippen LogP contribution in [0.4, 0.5) is 0 Å². The van der Waals surface area contributed by atoms with Crippen LogP contribution in [0.2, 0.25) is 0 Å². The lowest BCUT2D eigenvalue weighted by Crippen LogP contribution is -2.12. The van der Waals surface area contributed by atoms with Crippen LogP contribution in [0.15, 0.2) is 64.0 Å². The van der Waals surface area contributed by atoms with Crippen molar-refractivity contribution in [1.29, 1.82) is 5.26 Å². The Morgan fingerprint density at radius 1 is 1.00 bits per heavy atom. The van der Waals surface area contributed by atoms with Crippen LogP contribution in [-0.2, 0) is 9.84 Å². The van der Waals surface area contributed by atoms with E-state index in [1.165, 1.54) is 12.1 Å². The fourth-order valence-corrected chi connectivity index (χ4v) is 3.42. The third kappa shape index (κ3) is 2.86. The Kier molecular flexibility index (Phi) is 4.03. The molecular weight excluding hydrogens is 326 g/mol. The zero-order chi connectivity index (χ0) is 13.9. The lowest BCUT2D eigenvalue weighted by Gasteiger charge is -2.11. The second kappa shape index (κ2) is 5.55. The molecule has 0 spiro atoms. The Hall–Kier alpha value is -1.64. The lowest BCUT2D eigenvalue weighted by atomic mass is 10.2. The van der Waals surface area contributed by atoms with E-state index in [0.29, 0.717) is 5.56 Å². The number of hydrogen-bond acceptors (Lipinski definition) is 3. The number of halogens is 1. The molecule has 0 amide bonds. The summed E-state index contributed by atoms with van der Waals surface area (Å²) in [6.45, 7) is 0. The van der Waals surface area contributed by atoms with Crippen molar-refractivity contribution in [2.75, 3.05) is 0 Å². The molecule has 0 fully saturated rings. The average Bonchev–Trinajstić information content (AvgIpc) is 2.41. The normalized spacial score (nSPS) is 12.6. The van der Waals surface area contributed by atoms with Crippen molar-refractivity contribution in [3.63, 3.8) is 0 Å². The molecule has 5 heteroatoms. The first kappa shape index (κ1) is 13.8. The predicted octanol–water partition coefficient (Wildman–Crippen LogP) is 3.49. The Morgan fingerprint density at radius 3 is 2.11 bits per heavy atom. The minimum atomic E-state index is -3.70. The summed E-state index contributed by atoms with van der Waals surface area (Å²) in [6, 6.07) is 16.7. The monoisotopic (exact) mass is 335 g/mol. The molecule has 2 rings (SSSR count). The molecule has 2 aromatic rings. The highest BCUT2D eigenvalue weighted by molar-refractivity contribution is 9.10. The molecular formula is C14H10BrNO2S. The van der Waals surface area contributed by atoms with Crippen LogP contribution in [0.25, 0.3) is 0 Å². The van der Waals surface area contributed by atoms with E-state index in [9.17, 15) is 13.7 Å². The summed E-state index contributed by atoms with van der Waals surface area (Å²) in [5, 5.41) is 8.01. The highest BCUT2D eigenvalue weighted by Crippen LogP contribution is 2.28. The summed E-state index contributed by atoms with van der Waals surface area (Å²) in [6.07, 6.45) is 0. The predicted molar refractivity (Wildman–Crippen MR) is 76.1 cm³/mol. The maximum Gasteiger partial charge on any atom is 0.198 e. The van der Waals surface area contributed by atoms with Gasteiger partial charge in [0.25, 0.3) is 0 Å². The van der Waals surface area contributed by atoms with Crippen LogP contribution in [-0.4, -0.2) is 8.42 Å². The van der Waals surface area contributed by atoms with Gasteiger partial charge in [0.15, 0.2) is 15.1 Å². The number of sulfone groups is 1. The maximum absolute atomic E-state index is 12.4. The van der Waals surface area contributed by atoms with E-state index in [2.05, 4.69) is 15.9 Å². The molecule has 0 saturated carbocycles. The molecule has 0 heterocycles. The van der Waals surface area contributed by atoms with Crippen LogP contribution < -0.4 is 0 Å². The van der Waals surface area contributed by atoms with E-state index in [1.807, 2.05) is 6.07 Å². The number of nitrogens with zero attached hydrogens (tertiary/aromatic N) is 1. The molecule has 0 aromatic heterocycles. The summed E-state index contributed by atoms with van der Waals surface area (Å²) in [5.74, 6) is 0. The maximum atomic E-state index is 12.4. The molecule has 1 atom stereocenters. The van der Waals surface area contributed by atoms with E-state index in [-0.39, 0.29) is 4.90 Å². The molecule has 2 aromatic carbocycles. The van der Waals surface area contributed by atoms with Crippen LogP contribution in [0.5, 0.6) is 0 Å². The van der Waals surface area contributed by atoms with Gasteiger partial charge in [0.2, 0.25) is 0 Å². The van der Waals surface area contributed by atoms with Crippen LogP contribution in [0.1, 0.15) is 10.8 Å². The molecule has 0 aliphatic rings. The summed E-state index contributed by atoms with van der Waals surface area (Å²) in [7, 11) is -3.70. The molecule has 0 saturated heterocycles. The van der Waals surface area contributed by atoms with Crippen LogP contribution in [0.3, 0.4) is 0 Å². The van der Waals surface area contributed by atoms with Gasteiger partial charge in [0.1, 0.15) is 0 Å². The second-order valence-electron chi connectivity index (χ2n) is 3.92. The number of hydrogen-bond donors (Lipinski definition) is 0. The summed E-state index contributed by atoms with van der Waals surface area (Å²) >= 11 is 3.25. The van der Waals surface area contributed by atoms with Crippen LogP contribution in [0, 0.1) is 11.3 Å². The highest BCUT2D eigenvalue weighted by Gasteiger charge is 2.28. The fourth-order valence-electron chi connectivity index (χ4n) is 1.71. The Morgan fingerprint density at radius 2 is 1.58 bits per heavy atom. The molecule has 0 bridgehead atoms. The SMILES string of the molecule is N#CC(c1ccccc1)S(=O)(=O)c1ccc(Br)cc1. The van der Waals surface area contributed by atoms with E-state index in [1.54, 1.807) is 42.5 Å². The van der Waals surface area contributed by atoms with Crippen molar-refractivity contribution in [3.8, 4) is 6.07 Å². The molecule has 19 heavy (non-hydrogen) atoms. The lowest BCUT2D eigenvalue weighted by molar-refractivity contribution is 0.591. The van der Waals surface area contributed by atoms with E-state index in [0.717, 1.165) is 4.47 Å². The summed E-state index contributed by atoms with van der Waals surface area (Å²) < 4.78 is 25.7. The zero-order valence-corrected chi connectivity index (χ0v) is 12.2. The quantitative estimate of drug-likeness (QED) is 0.862. The van der Waals surface area contributed by atoms with Gasteiger partial charge < -0.3 is 0 Å². The first-order valence-electron chi connectivity index (χ1n) is 5.50. The average molecular weight is 336 g/mol.